The molecule has 3 aliphatic rings. The average Bonchev–Trinajstić information content (AvgIpc) is 2.80. The summed E-state index contributed by atoms with van der Waals surface area (Å²) < 4.78 is 44.1. The number of piperazine rings is 1. The molecule has 0 N–H and O–H groups in total. The van der Waals surface area contributed by atoms with Gasteiger partial charge in [-0.3, -0.25) is 4.90 Å². The van der Waals surface area contributed by atoms with Crippen molar-refractivity contribution >= 4 is 12.0 Å². The number of aromatic nitrogens is 2. The molecule has 1 spiro atoms. The van der Waals surface area contributed by atoms with E-state index >= 15 is 0 Å². The minimum Gasteiger partial charge on any atom is -0.449 e. The highest BCUT2D eigenvalue weighted by Gasteiger charge is 2.52. The van der Waals surface area contributed by atoms with Crippen molar-refractivity contribution in [3.05, 3.63) is 53.9 Å². The van der Waals surface area contributed by atoms with Gasteiger partial charge in [-0.2, -0.15) is 13.2 Å². The standard InChI is InChI=1S/C26H32F3N5O2/c1-18-13-34(19(2)12-33(18)23-30-10-22(11-31-23)26(27,28)29)24(35)36-15-21-8-25(9-21)16-32(17-25)14-20-6-4-3-5-7-20/h3-7,10-11,18-19,21H,8-9,12-17H2,1-2H3/t18-,19+/m0/s1. The van der Waals surface area contributed by atoms with E-state index < -0.39 is 11.7 Å². The molecule has 0 unspecified atom stereocenters. The number of hydrogen-bond donors (Lipinski definition) is 0. The lowest BCUT2D eigenvalue weighted by Gasteiger charge is -2.59. The van der Waals surface area contributed by atoms with Crippen LogP contribution in [0.4, 0.5) is 23.9 Å². The summed E-state index contributed by atoms with van der Waals surface area (Å²) in [4.78, 5) is 26.7. The number of amides is 1. The van der Waals surface area contributed by atoms with Crippen molar-refractivity contribution in [2.45, 2.75) is 51.5 Å². The van der Waals surface area contributed by atoms with Crippen molar-refractivity contribution in [3.63, 3.8) is 0 Å². The smallest absolute Gasteiger partial charge is 0.419 e. The van der Waals surface area contributed by atoms with Gasteiger partial charge >= 0.3 is 12.3 Å². The Morgan fingerprint density at radius 1 is 1.06 bits per heavy atom. The van der Waals surface area contributed by atoms with Crippen LogP contribution in [-0.4, -0.2) is 70.7 Å². The maximum atomic E-state index is 12.8. The monoisotopic (exact) mass is 503 g/mol. The first-order valence-electron chi connectivity index (χ1n) is 12.5. The number of halogens is 3. The molecule has 2 saturated heterocycles. The SMILES string of the molecule is C[C@@H]1CN(c2ncc(C(F)(F)F)cn2)[C@@H](C)CN1C(=O)OCC1CC2(C1)CN(Cc1ccccc1)C2. The zero-order chi connectivity index (χ0) is 25.5. The molecular formula is C26H32F3N5O2. The fraction of sp³-hybridized carbons (Fsp3) is 0.577. The van der Waals surface area contributed by atoms with Crippen LogP contribution in [0.2, 0.25) is 0 Å². The lowest BCUT2D eigenvalue weighted by molar-refractivity contribution is -0.138. The third-order valence-corrected chi connectivity index (χ3v) is 7.70. The van der Waals surface area contributed by atoms with Gasteiger partial charge < -0.3 is 14.5 Å². The van der Waals surface area contributed by atoms with E-state index in [9.17, 15) is 18.0 Å². The van der Waals surface area contributed by atoms with Gasteiger partial charge in [0.1, 0.15) is 0 Å². The minimum absolute atomic E-state index is 0.150. The first-order valence-corrected chi connectivity index (χ1v) is 12.5. The molecule has 2 atom stereocenters. The summed E-state index contributed by atoms with van der Waals surface area (Å²) >= 11 is 0. The van der Waals surface area contributed by atoms with Gasteiger partial charge in [-0.05, 0) is 43.6 Å². The first-order chi connectivity index (χ1) is 17.1. The molecule has 3 heterocycles. The van der Waals surface area contributed by atoms with Crippen LogP contribution in [-0.2, 0) is 17.5 Å². The number of alkyl halides is 3. The fourth-order valence-corrected chi connectivity index (χ4v) is 5.94. The second-order valence-electron chi connectivity index (χ2n) is 10.8. The second-order valence-corrected chi connectivity index (χ2v) is 10.8. The summed E-state index contributed by atoms with van der Waals surface area (Å²) in [5.74, 6) is 0.638. The summed E-state index contributed by atoms with van der Waals surface area (Å²) in [7, 11) is 0. The molecule has 7 nitrogen and oxygen atoms in total. The summed E-state index contributed by atoms with van der Waals surface area (Å²) in [6.07, 6.45) is -1.01. The van der Waals surface area contributed by atoms with Crippen LogP contribution in [0.15, 0.2) is 42.7 Å². The van der Waals surface area contributed by atoms with Gasteiger partial charge in [0.2, 0.25) is 5.95 Å². The molecule has 2 aliphatic heterocycles. The normalized spacial score (nSPS) is 24.4. The maximum absolute atomic E-state index is 12.8. The lowest BCUT2D eigenvalue weighted by Crippen LogP contribution is -2.62. The van der Waals surface area contributed by atoms with Crippen LogP contribution in [0.5, 0.6) is 0 Å². The van der Waals surface area contributed by atoms with E-state index in [-0.39, 0.29) is 24.1 Å². The number of hydrogen-bond acceptors (Lipinski definition) is 6. The third-order valence-electron chi connectivity index (χ3n) is 7.70. The zero-order valence-electron chi connectivity index (χ0n) is 20.6. The molecule has 10 heteroatoms. The molecule has 1 amide bonds. The van der Waals surface area contributed by atoms with Crippen molar-refractivity contribution in [3.8, 4) is 0 Å². The van der Waals surface area contributed by atoms with Gasteiger partial charge in [0, 0.05) is 57.2 Å². The number of carbonyl (C=O) groups excluding carboxylic acids is 1. The van der Waals surface area contributed by atoms with E-state index in [1.165, 1.54) is 5.56 Å². The third kappa shape index (κ3) is 5.14. The van der Waals surface area contributed by atoms with Crippen LogP contribution in [0, 0.1) is 11.3 Å². The predicted octanol–water partition coefficient (Wildman–Crippen LogP) is 4.44. The molecule has 3 fully saturated rings. The number of benzene rings is 1. The Balaban J connectivity index is 1.05. The maximum Gasteiger partial charge on any atom is 0.419 e. The summed E-state index contributed by atoms with van der Waals surface area (Å²) in [6, 6.07) is 10.2. The molecule has 0 radical (unpaired) electrons. The Bertz CT molecular complexity index is 1050. The Morgan fingerprint density at radius 2 is 1.72 bits per heavy atom. The highest BCUT2D eigenvalue weighted by molar-refractivity contribution is 5.68. The second kappa shape index (κ2) is 9.53. The fourth-order valence-electron chi connectivity index (χ4n) is 5.94. The number of carbonyl (C=O) groups is 1. The van der Waals surface area contributed by atoms with Crippen molar-refractivity contribution in [1.29, 1.82) is 0 Å². The molecular weight excluding hydrogens is 471 g/mol. The zero-order valence-corrected chi connectivity index (χ0v) is 20.6. The largest absolute Gasteiger partial charge is 0.449 e. The molecule has 2 aromatic rings. The van der Waals surface area contributed by atoms with Crippen molar-refractivity contribution in [2.24, 2.45) is 11.3 Å². The molecule has 1 aromatic heterocycles. The van der Waals surface area contributed by atoms with E-state index in [1.54, 1.807) is 4.90 Å². The van der Waals surface area contributed by atoms with Gasteiger partial charge in [-0.1, -0.05) is 30.3 Å². The number of likely N-dealkylation sites (tertiary alicyclic amines) is 1. The van der Waals surface area contributed by atoms with Crippen molar-refractivity contribution in [1.82, 2.24) is 19.8 Å². The van der Waals surface area contributed by atoms with E-state index in [1.807, 2.05) is 24.8 Å². The summed E-state index contributed by atoms with van der Waals surface area (Å²) in [6.45, 7) is 8.26. The van der Waals surface area contributed by atoms with Crippen molar-refractivity contribution < 1.29 is 22.7 Å². The number of rotatable bonds is 5. The van der Waals surface area contributed by atoms with Gasteiger partial charge in [0.15, 0.2) is 0 Å². The topological polar surface area (TPSA) is 61.8 Å². The average molecular weight is 504 g/mol. The Morgan fingerprint density at radius 3 is 2.36 bits per heavy atom. The number of nitrogens with zero attached hydrogens (tertiary/aromatic N) is 5. The van der Waals surface area contributed by atoms with Gasteiger partial charge in [-0.25, -0.2) is 14.8 Å². The van der Waals surface area contributed by atoms with Crippen LogP contribution < -0.4 is 4.90 Å². The molecule has 194 valence electrons. The van der Waals surface area contributed by atoms with Gasteiger partial charge in [0.25, 0.3) is 0 Å². The predicted molar refractivity (Wildman–Crippen MR) is 128 cm³/mol. The van der Waals surface area contributed by atoms with Crippen LogP contribution in [0.25, 0.3) is 0 Å². The van der Waals surface area contributed by atoms with E-state index in [0.717, 1.165) is 44.9 Å². The molecule has 1 aromatic carbocycles. The molecule has 1 aliphatic carbocycles. The van der Waals surface area contributed by atoms with Gasteiger partial charge in [0.05, 0.1) is 12.2 Å². The van der Waals surface area contributed by atoms with E-state index in [0.29, 0.717) is 31.0 Å². The quantitative estimate of drug-likeness (QED) is 0.601. The number of anilines is 1. The van der Waals surface area contributed by atoms with Crippen molar-refractivity contribution in [2.75, 3.05) is 37.7 Å². The summed E-state index contributed by atoms with van der Waals surface area (Å²) in [5.41, 5.74) is 0.851. The minimum atomic E-state index is -4.47. The first kappa shape index (κ1) is 24.8. The van der Waals surface area contributed by atoms with Crippen LogP contribution in [0.3, 0.4) is 0 Å². The lowest BCUT2D eigenvalue weighted by atomic mass is 9.58. The van der Waals surface area contributed by atoms with E-state index in [4.69, 9.17) is 4.74 Å². The highest BCUT2D eigenvalue weighted by Crippen LogP contribution is 2.52. The molecule has 1 saturated carbocycles. The Kier molecular flexibility index (Phi) is 6.57. The van der Waals surface area contributed by atoms with Gasteiger partial charge in [-0.15, -0.1) is 0 Å². The Hall–Kier alpha value is -2.88. The summed E-state index contributed by atoms with van der Waals surface area (Å²) in [5, 5.41) is 0. The van der Waals surface area contributed by atoms with Crippen LogP contribution in [0.1, 0.15) is 37.8 Å². The van der Waals surface area contributed by atoms with Crippen LogP contribution >= 0.6 is 0 Å². The number of ether oxygens (including phenoxy) is 1. The Labute approximate surface area is 209 Å². The highest BCUT2D eigenvalue weighted by atomic mass is 19.4. The molecule has 36 heavy (non-hydrogen) atoms. The molecule has 5 rings (SSSR count). The van der Waals surface area contributed by atoms with E-state index in [2.05, 4.69) is 39.1 Å². The molecule has 0 bridgehead atoms.